The molecule has 8 nitrogen and oxygen atoms in total. The highest BCUT2D eigenvalue weighted by Crippen LogP contribution is 2.52. The Kier molecular flexibility index (Phi) is 4.79. The fraction of sp³-hybridized carbons (Fsp3) is 0.222. The van der Waals surface area contributed by atoms with Crippen LogP contribution in [0.4, 0.5) is 11.4 Å². The summed E-state index contributed by atoms with van der Waals surface area (Å²) in [5, 5.41) is 66.2. The van der Waals surface area contributed by atoms with Crippen molar-refractivity contribution in [3.63, 3.8) is 0 Å². The van der Waals surface area contributed by atoms with Gasteiger partial charge >= 0.3 is 0 Å². The quantitative estimate of drug-likeness (QED) is 0.244. The first-order chi connectivity index (χ1) is 12.5. The molecule has 0 amide bonds. The number of fused-ring (bicyclic) bond motifs is 2. The molecular formula is C18H20N2O6. The lowest BCUT2D eigenvalue weighted by Gasteiger charge is -2.18. The van der Waals surface area contributed by atoms with Crippen LogP contribution in [0.1, 0.15) is 0 Å². The number of phenols is 4. The molecule has 138 valence electrons. The summed E-state index contributed by atoms with van der Waals surface area (Å²) < 4.78 is 0. The fourth-order valence-electron chi connectivity index (χ4n) is 3.08. The third kappa shape index (κ3) is 2.75. The Morgan fingerprint density at radius 3 is 1.31 bits per heavy atom. The van der Waals surface area contributed by atoms with E-state index >= 15 is 0 Å². The molecule has 0 saturated carbocycles. The Morgan fingerprint density at radius 2 is 0.962 bits per heavy atom. The smallest absolute Gasteiger partial charge is 0.137 e. The summed E-state index contributed by atoms with van der Waals surface area (Å²) in [5.41, 5.74) is 0.863. The zero-order valence-corrected chi connectivity index (χ0v) is 13.8. The minimum absolute atomic E-state index is 0.0821. The average Bonchev–Trinajstić information content (AvgIpc) is 2.64. The summed E-state index contributed by atoms with van der Waals surface area (Å²) in [4.78, 5) is 0. The first-order valence-corrected chi connectivity index (χ1v) is 8.06. The van der Waals surface area contributed by atoms with Gasteiger partial charge in [-0.3, -0.25) is 0 Å². The van der Waals surface area contributed by atoms with Crippen LogP contribution in [0, 0.1) is 0 Å². The maximum absolute atomic E-state index is 10.8. The SMILES string of the molecule is OCCNc1ccc(NCCO)c2c(O)c3c(O)ccc(O)c3c(O)c12. The van der Waals surface area contributed by atoms with Gasteiger partial charge in [0, 0.05) is 24.5 Å². The van der Waals surface area contributed by atoms with Gasteiger partial charge in [-0.05, 0) is 24.3 Å². The Bertz CT molecular complexity index is 895. The van der Waals surface area contributed by atoms with Crippen LogP contribution in [0.5, 0.6) is 23.0 Å². The second kappa shape index (κ2) is 7.03. The molecule has 0 atom stereocenters. The van der Waals surface area contributed by atoms with Crippen LogP contribution in [-0.2, 0) is 0 Å². The highest BCUT2D eigenvalue weighted by Gasteiger charge is 2.23. The summed E-state index contributed by atoms with van der Waals surface area (Å²) in [5.74, 6) is -1.24. The lowest BCUT2D eigenvalue weighted by Crippen LogP contribution is -2.08. The molecule has 0 fully saturated rings. The van der Waals surface area contributed by atoms with Gasteiger partial charge in [-0.15, -0.1) is 0 Å². The predicted molar refractivity (Wildman–Crippen MR) is 99.3 cm³/mol. The van der Waals surface area contributed by atoms with E-state index in [1.54, 1.807) is 12.1 Å². The molecule has 0 aromatic heterocycles. The molecule has 0 saturated heterocycles. The van der Waals surface area contributed by atoms with Gasteiger partial charge in [0.2, 0.25) is 0 Å². The Balaban J connectivity index is 2.46. The third-order valence-electron chi connectivity index (χ3n) is 4.17. The van der Waals surface area contributed by atoms with Crippen LogP contribution >= 0.6 is 0 Å². The number of aliphatic hydroxyl groups excluding tert-OH is 2. The first-order valence-electron chi connectivity index (χ1n) is 8.06. The molecular weight excluding hydrogens is 340 g/mol. The van der Waals surface area contributed by atoms with Crippen molar-refractivity contribution in [1.82, 2.24) is 0 Å². The molecule has 26 heavy (non-hydrogen) atoms. The molecule has 8 N–H and O–H groups in total. The van der Waals surface area contributed by atoms with Gasteiger partial charge in [0.15, 0.2) is 0 Å². The van der Waals surface area contributed by atoms with Gasteiger partial charge in [0.25, 0.3) is 0 Å². The van der Waals surface area contributed by atoms with Crippen molar-refractivity contribution in [2.24, 2.45) is 0 Å². The summed E-state index contributed by atoms with van der Waals surface area (Å²) >= 11 is 0. The molecule has 3 rings (SSSR count). The van der Waals surface area contributed by atoms with Crippen LogP contribution in [0.3, 0.4) is 0 Å². The number of hydrogen-bond donors (Lipinski definition) is 8. The molecule has 0 bridgehead atoms. The van der Waals surface area contributed by atoms with Gasteiger partial charge in [-0.1, -0.05) is 0 Å². The molecule has 0 spiro atoms. The highest BCUT2D eigenvalue weighted by molar-refractivity contribution is 6.21. The lowest BCUT2D eigenvalue weighted by atomic mass is 9.96. The summed E-state index contributed by atoms with van der Waals surface area (Å²) in [7, 11) is 0. The number of anilines is 2. The number of phenolic OH excluding ortho intramolecular Hbond substituents is 4. The van der Waals surface area contributed by atoms with E-state index in [0.29, 0.717) is 11.4 Å². The zero-order valence-electron chi connectivity index (χ0n) is 13.8. The second-order valence-corrected chi connectivity index (χ2v) is 5.76. The van der Waals surface area contributed by atoms with E-state index in [0.717, 1.165) is 0 Å². The standard InChI is InChI=1S/C18H20N2O6/c21-7-5-19-9-1-2-10(20-6-8-22)14-13(9)17(25)15-11(23)3-4-12(24)16(15)18(14)26/h1-4,19-26H,5-8H2. The van der Waals surface area contributed by atoms with Crippen molar-refractivity contribution >= 4 is 32.9 Å². The Morgan fingerprint density at radius 1 is 0.577 bits per heavy atom. The van der Waals surface area contributed by atoms with Gasteiger partial charge in [0.1, 0.15) is 23.0 Å². The topological polar surface area (TPSA) is 145 Å². The van der Waals surface area contributed by atoms with Crippen LogP contribution in [0.25, 0.3) is 21.5 Å². The van der Waals surface area contributed by atoms with E-state index in [2.05, 4.69) is 10.6 Å². The number of rotatable bonds is 6. The van der Waals surface area contributed by atoms with Gasteiger partial charge < -0.3 is 41.3 Å². The number of benzene rings is 3. The summed E-state index contributed by atoms with van der Waals surface area (Å²) in [6.45, 7) is 0.141. The van der Waals surface area contributed by atoms with Crippen molar-refractivity contribution in [1.29, 1.82) is 0 Å². The van der Waals surface area contributed by atoms with Crippen LogP contribution in [0.15, 0.2) is 24.3 Å². The van der Waals surface area contributed by atoms with Crippen molar-refractivity contribution in [2.75, 3.05) is 36.9 Å². The van der Waals surface area contributed by atoms with E-state index in [-0.39, 0.29) is 70.8 Å². The van der Waals surface area contributed by atoms with Crippen LogP contribution < -0.4 is 10.6 Å². The van der Waals surface area contributed by atoms with E-state index in [1.807, 2.05) is 0 Å². The minimum atomic E-state index is -0.325. The molecule has 3 aromatic carbocycles. The van der Waals surface area contributed by atoms with E-state index in [1.165, 1.54) is 12.1 Å². The van der Waals surface area contributed by atoms with Crippen molar-refractivity contribution in [2.45, 2.75) is 0 Å². The van der Waals surface area contributed by atoms with Gasteiger partial charge in [-0.2, -0.15) is 0 Å². The first kappa shape index (κ1) is 17.7. The van der Waals surface area contributed by atoms with Gasteiger partial charge in [0.05, 0.1) is 34.8 Å². The maximum Gasteiger partial charge on any atom is 0.137 e. The molecule has 0 aliphatic carbocycles. The van der Waals surface area contributed by atoms with Crippen molar-refractivity contribution < 1.29 is 30.6 Å². The lowest BCUT2D eigenvalue weighted by molar-refractivity contribution is 0.310. The number of aromatic hydroxyl groups is 4. The van der Waals surface area contributed by atoms with Gasteiger partial charge in [-0.25, -0.2) is 0 Å². The maximum atomic E-state index is 10.8. The van der Waals surface area contributed by atoms with E-state index in [9.17, 15) is 20.4 Å². The molecule has 3 aromatic rings. The highest BCUT2D eigenvalue weighted by atomic mass is 16.3. The monoisotopic (exact) mass is 360 g/mol. The molecule has 0 unspecified atom stereocenters. The number of hydrogen-bond acceptors (Lipinski definition) is 8. The fourth-order valence-corrected chi connectivity index (χ4v) is 3.08. The van der Waals surface area contributed by atoms with Crippen molar-refractivity contribution in [3.8, 4) is 23.0 Å². The van der Waals surface area contributed by atoms with E-state index < -0.39 is 0 Å². The molecule has 0 heterocycles. The second-order valence-electron chi connectivity index (χ2n) is 5.76. The Hall–Kier alpha value is -3.10. The summed E-state index contributed by atoms with van der Waals surface area (Å²) in [6, 6.07) is 5.72. The predicted octanol–water partition coefficient (Wildman–Crippen LogP) is 1.62. The van der Waals surface area contributed by atoms with Crippen LogP contribution in [-0.4, -0.2) is 56.9 Å². The van der Waals surface area contributed by atoms with Crippen LogP contribution in [0.2, 0.25) is 0 Å². The molecule has 0 aliphatic heterocycles. The molecule has 0 aliphatic rings. The minimum Gasteiger partial charge on any atom is -0.507 e. The zero-order chi connectivity index (χ0) is 18.8. The number of nitrogens with one attached hydrogen (secondary N) is 2. The molecule has 8 heteroatoms. The average molecular weight is 360 g/mol. The Labute approximate surface area is 148 Å². The number of aliphatic hydroxyl groups is 2. The molecule has 0 radical (unpaired) electrons. The normalized spacial score (nSPS) is 11.2. The summed E-state index contributed by atoms with van der Waals surface area (Å²) in [6.07, 6.45) is 0. The third-order valence-corrected chi connectivity index (χ3v) is 4.17. The largest absolute Gasteiger partial charge is 0.507 e. The van der Waals surface area contributed by atoms with E-state index in [4.69, 9.17) is 10.2 Å². The van der Waals surface area contributed by atoms with Crippen molar-refractivity contribution in [3.05, 3.63) is 24.3 Å².